The Balaban J connectivity index is 1.89. The fourth-order valence-electron chi connectivity index (χ4n) is 3.88. The van der Waals surface area contributed by atoms with Crippen LogP contribution in [-0.4, -0.2) is 55.0 Å². The van der Waals surface area contributed by atoms with Gasteiger partial charge in [-0.05, 0) is 45.2 Å². The van der Waals surface area contributed by atoms with E-state index in [0.717, 1.165) is 13.0 Å². The van der Waals surface area contributed by atoms with E-state index in [0.29, 0.717) is 35.5 Å². The van der Waals surface area contributed by atoms with Crippen molar-refractivity contribution in [3.63, 3.8) is 0 Å². The third kappa shape index (κ3) is 6.15. The van der Waals surface area contributed by atoms with Gasteiger partial charge in [-0.25, -0.2) is 14.2 Å². The van der Waals surface area contributed by atoms with Crippen LogP contribution in [0.15, 0.2) is 18.2 Å². The highest BCUT2D eigenvalue weighted by atomic mass is 19.1. The van der Waals surface area contributed by atoms with Crippen molar-refractivity contribution < 1.29 is 18.7 Å². The molecule has 1 aromatic heterocycles. The molecule has 2 heterocycles. The summed E-state index contributed by atoms with van der Waals surface area (Å²) in [7, 11) is 3.16. The van der Waals surface area contributed by atoms with Gasteiger partial charge in [0.05, 0.1) is 18.8 Å². The maximum absolute atomic E-state index is 14.4. The van der Waals surface area contributed by atoms with Gasteiger partial charge in [-0.1, -0.05) is 6.92 Å². The van der Waals surface area contributed by atoms with E-state index in [9.17, 15) is 9.18 Å². The zero-order valence-corrected chi connectivity index (χ0v) is 20.0. The Hall–Kier alpha value is -3.30. The molecule has 1 aliphatic heterocycles. The lowest BCUT2D eigenvalue weighted by Crippen LogP contribution is -2.51. The summed E-state index contributed by atoms with van der Waals surface area (Å²) < 4.78 is 25.0. The molecule has 0 bridgehead atoms. The van der Waals surface area contributed by atoms with E-state index < -0.39 is 17.5 Å². The molecule has 0 saturated carbocycles. The number of nitrogen functional groups attached to an aromatic ring is 1. The Morgan fingerprint density at radius 1 is 1.24 bits per heavy atom. The third-order valence-corrected chi connectivity index (χ3v) is 5.25. The number of alkyl carbamates (subject to hydrolysis) is 1. The number of aromatic nitrogens is 2. The van der Waals surface area contributed by atoms with Gasteiger partial charge in [-0.3, -0.25) is 0 Å². The molecule has 2 atom stereocenters. The second-order valence-corrected chi connectivity index (χ2v) is 9.35. The number of anilines is 3. The van der Waals surface area contributed by atoms with Crippen LogP contribution in [0.4, 0.5) is 26.6 Å². The standard InChI is InChI=1S/C23H33FN6O3/c1-13-7-15(27-22(31)33-23(2,3)4)12-30(11-13)19-10-17(28-21(26-5)29-19)14-8-16(24)20(25)18(9-14)32-6/h8-10,13,15H,7,11-12,25H2,1-6H3,(H,27,31)(H,26,28,29)/t13-,15-/m1/s1. The Morgan fingerprint density at radius 2 is 1.97 bits per heavy atom. The average molecular weight is 461 g/mol. The van der Waals surface area contributed by atoms with Crippen LogP contribution in [0, 0.1) is 11.7 Å². The van der Waals surface area contributed by atoms with Crippen molar-refractivity contribution in [3.05, 3.63) is 24.0 Å². The molecule has 10 heteroatoms. The number of nitrogens with two attached hydrogens (primary N) is 1. The lowest BCUT2D eigenvalue weighted by atomic mass is 9.96. The highest BCUT2D eigenvalue weighted by Gasteiger charge is 2.29. The number of amides is 1. The molecule has 1 fully saturated rings. The minimum atomic E-state index is -0.580. The molecule has 0 unspecified atom stereocenters. The normalized spacial score (nSPS) is 18.6. The van der Waals surface area contributed by atoms with E-state index in [1.807, 2.05) is 20.8 Å². The Labute approximate surface area is 193 Å². The van der Waals surface area contributed by atoms with Crippen LogP contribution < -0.4 is 26.0 Å². The lowest BCUT2D eigenvalue weighted by Gasteiger charge is -2.37. The first-order chi connectivity index (χ1) is 15.5. The number of ether oxygens (including phenoxy) is 2. The fraction of sp³-hybridized carbons (Fsp3) is 0.522. The number of hydrogen-bond donors (Lipinski definition) is 3. The molecule has 0 spiro atoms. The highest BCUT2D eigenvalue weighted by Crippen LogP contribution is 2.33. The molecule has 0 aliphatic carbocycles. The number of nitrogens with one attached hydrogen (secondary N) is 2. The van der Waals surface area contributed by atoms with Crippen molar-refractivity contribution in [2.45, 2.75) is 45.8 Å². The van der Waals surface area contributed by atoms with E-state index in [4.69, 9.17) is 15.2 Å². The quantitative estimate of drug-likeness (QED) is 0.579. The van der Waals surface area contributed by atoms with Gasteiger partial charge in [0.15, 0.2) is 5.82 Å². The second kappa shape index (κ2) is 9.68. The van der Waals surface area contributed by atoms with Crippen molar-refractivity contribution >= 4 is 23.5 Å². The molecule has 1 aliphatic rings. The summed E-state index contributed by atoms with van der Waals surface area (Å²) in [6, 6.07) is 4.67. The topological polar surface area (TPSA) is 115 Å². The fourth-order valence-corrected chi connectivity index (χ4v) is 3.88. The van der Waals surface area contributed by atoms with Crippen molar-refractivity contribution in [3.8, 4) is 17.0 Å². The Kier molecular flexibility index (Phi) is 7.14. The van der Waals surface area contributed by atoms with E-state index in [-0.39, 0.29) is 17.5 Å². The van der Waals surface area contributed by atoms with E-state index in [1.165, 1.54) is 13.2 Å². The van der Waals surface area contributed by atoms with Crippen molar-refractivity contribution in [1.82, 2.24) is 15.3 Å². The first-order valence-corrected chi connectivity index (χ1v) is 10.9. The number of benzene rings is 1. The summed E-state index contributed by atoms with van der Waals surface area (Å²) >= 11 is 0. The van der Waals surface area contributed by atoms with Gasteiger partial charge in [-0.15, -0.1) is 0 Å². The molecule has 33 heavy (non-hydrogen) atoms. The minimum absolute atomic E-state index is 0.0507. The molecule has 180 valence electrons. The van der Waals surface area contributed by atoms with Crippen molar-refractivity contribution in [2.24, 2.45) is 5.92 Å². The van der Waals surface area contributed by atoms with Gasteiger partial charge in [0, 0.05) is 31.8 Å². The summed E-state index contributed by atoms with van der Waals surface area (Å²) in [6.45, 7) is 8.93. The van der Waals surface area contributed by atoms with Crippen LogP contribution >= 0.6 is 0 Å². The molecular weight excluding hydrogens is 427 g/mol. The number of piperidine rings is 1. The van der Waals surface area contributed by atoms with Crippen LogP contribution in [0.5, 0.6) is 5.75 Å². The van der Waals surface area contributed by atoms with Crippen LogP contribution in [-0.2, 0) is 4.74 Å². The summed E-state index contributed by atoms with van der Waals surface area (Å²) in [4.78, 5) is 23.5. The Morgan fingerprint density at radius 3 is 2.61 bits per heavy atom. The van der Waals surface area contributed by atoms with E-state index in [2.05, 4.69) is 32.4 Å². The van der Waals surface area contributed by atoms with Crippen LogP contribution in [0.3, 0.4) is 0 Å². The summed E-state index contributed by atoms with van der Waals surface area (Å²) in [5.74, 6) is 1.04. The van der Waals surface area contributed by atoms with E-state index >= 15 is 0 Å². The highest BCUT2D eigenvalue weighted by molar-refractivity contribution is 5.71. The van der Waals surface area contributed by atoms with Crippen LogP contribution in [0.2, 0.25) is 0 Å². The smallest absolute Gasteiger partial charge is 0.407 e. The molecule has 1 amide bonds. The number of carbonyl (C=O) groups is 1. The predicted molar refractivity (Wildman–Crippen MR) is 127 cm³/mol. The number of hydrogen-bond acceptors (Lipinski definition) is 8. The maximum atomic E-state index is 14.4. The van der Waals surface area contributed by atoms with Gasteiger partial charge in [0.1, 0.15) is 22.9 Å². The number of rotatable bonds is 5. The SMILES string of the molecule is CNc1nc(-c2cc(F)c(N)c(OC)c2)cc(N2C[C@H](C)C[C@@H](NC(=O)OC(C)(C)C)C2)n1. The van der Waals surface area contributed by atoms with Gasteiger partial charge in [-0.2, -0.15) is 4.98 Å². The van der Waals surface area contributed by atoms with Crippen LogP contribution in [0.1, 0.15) is 34.1 Å². The zero-order valence-electron chi connectivity index (χ0n) is 20.0. The molecule has 4 N–H and O–H groups in total. The molecular formula is C23H33FN6O3. The molecule has 3 rings (SSSR count). The van der Waals surface area contributed by atoms with Gasteiger partial charge < -0.3 is 30.7 Å². The molecule has 9 nitrogen and oxygen atoms in total. The number of nitrogens with zero attached hydrogens (tertiary/aromatic N) is 3. The van der Waals surface area contributed by atoms with Crippen molar-refractivity contribution in [1.29, 1.82) is 0 Å². The van der Waals surface area contributed by atoms with Gasteiger partial charge in [0.2, 0.25) is 5.95 Å². The third-order valence-electron chi connectivity index (χ3n) is 5.25. The monoisotopic (exact) mass is 460 g/mol. The summed E-state index contributed by atoms with van der Waals surface area (Å²) in [5.41, 5.74) is 6.18. The first kappa shape index (κ1) is 24.3. The lowest BCUT2D eigenvalue weighted by molar-refractivity contribution is 0.0495. The zero-order chi connectivity index (χ0) is 24.3. The van der Waals surface area contributed by atoms with Gasteiger partial charge >= 0.3 is 6.09 Å². The number of carbonyl (C=O) groups excluding carboxylic acids is 1. The largest absolute Gasteiger partial charge is 0.494 e. The summed E-state index contributed by atoms with van der Waals surface area (Å²) in [6.07, 6.45) is 0.387. The predicted octanol–water partition coefficient (Wildman–Crippen LogP) is 3.65. The van der Waals surface area contributed by atoms with Crippen LogP contribution in [0.25, 0.3) is 11.3 Å². The minimum Gasteiger partial charge on any atom is -0.494 e. The van der Waals surface area contributed by atoms with Gasteiger partial charge in [0.25, 0.3) is 0 Å². The van der Waals surface area contributed by atoms with Crippen molar-refractivity contribution in [2.75, 3.05) is 43.2 Å². The molecule has 1 saturated heterocycles. The molecule has 2 aromatic rings. The Bertz CT molecular complexity index is 1010. The first-order valence-electron chi connectivity index (χ1n) is 10.9. The average Bonchev–Trinajstić information content (AvgIpc) is 2.73. The maximum Gasteiger partial charge on any atom is 0.407 e. The molecule has 0 radical (unpaired) electrons. The second-order valence-electron chi connectivity index (χ2n) is 9.35. The summed E-state index contributed by atoms with van der Waals surface area (Å²) in [5, 5.41) is 5.93. The molecule has 1 aromatic carbocycles. The number of halogens is 1. The van der Waals surface area contributed by atoms with E-state index in [1.54, 1.807) is 19.2 Å². The number of methoxy groups -OCH3 is 1.